The fraction of sp³-hybridized carbons (Fsp3) is 0. The Morgan fingerprint density at radius 1 is 0.765 bits per heavy atom. The van der Waals surface area contributed by atoms with Crippen LogP contribution < -0.4 is 0 Å². The molecule has 0 fully saturated rings. The number of benzene rings is 2. The fourth-order valence-corrected chi connectivity index (χ4v) is 1.51. The summed E-state index contributed by atoms with van der Waals surface area (Å²) in [5.74, 6) is -1.99. The van der Waals surface area contributed by atoms with E-state index < -0.39 is 11.9 Å². The third-order valence-electron chi connectivity index (χ3n) is 2.33. The van der Waals surface area contributed by atoms with Gasteiger partial charge in [-0.25, -0.2) is 9.59 Å². The van der Waals surface area contributed by atoms with Gasteiger partial charge in [-0.05, 0) is 35.0 Å². The Morgan fingerprint density at radius 3 is 1.41 bits per heavy atom. The molecule has 0 saturated carbocycles. The molecule has 0 radical (unpaired) electrons. The number of fused-ring (bicyclic) bond motifs is 1. The molecule has 0 bridgehead atoms. The van der Waals surface area contributed by atoms with Crippen LogP contribution in [0.25, 0.3) is 10.8 Å². The van der Waals surface area contributed by atoms with Gasteiger partial charge in [-0.1, -0.05) is 12.1 Å². The molecule has 4 nitrogen and oxygen atoms in total. The molecule has 0 aromatic heterocycles. The standard InChI is InChI=1S/C12H8O4.Zr/c13-11(14)9-3-1-7-5-10(12(15)16)4-2-8(7)6-9;/h1-6H,(H,13,14)(H,15,16);. The van der Waals surface area contributed by atoms with E-state index in [2.05, 4.69) is 0 Å². The normalized spacial score (nSPS) is 9.65. The average molecular weight is 307 g/mol. The summed E-state index contributed by atoms with van der Waals surface area (Å²) in [7, 11) is 0. The van der Waals surface area contributed by atoms with Gasteiger partial charge in [-0.15, -0.1) is 0 Å². The summed E-state index contributed by atoms with van der Waals surface area (Å²) < 4.78 is 0. The number of carbonyl (C=O) groups is 2. The monoisotopic (exact) mass is 306 g/mol. The molecule has 0 aliphatic carbocycles. The summed E-state index contributed by atoms with van der Waals surface area (Å²) in [6.07, 6.45) is 0. The van der Waals surface area contributed by atoms with Crippen LogP contribution >= 0.6 is 0 Å². The number of carboxylic acids is 2. The molecule has 0 atom stereocenters. The van der Waals surface area contributed by atoms with E-state index in [1.54, 1.807) is 12.1 Å². The van der Waals surface area contributed by atoms with E-state index in [0.29, 0.717) is 10.8 Å². The summed E-state index contributed by atoms with van der Waals surface area (Å²) in [4.78, 5) is 21.5. The molecule has 0 amide bonds. The molecule has 2 aromatic rings. The van der Waals surface area contributed by atoms with Gasteiger partial charge in [0.2, 0.25) is 0 Å². The van der Waals surface area contributed by atoms with Crippen LogP contribution in [0.2, 0.25) is 0 Å². The molecule has 17 heavy (non-hydrogen) atoms. The Hall–Kier alpha value is -1.48. The maximum absolute atomic E-state index is 10.7. The predicted molar refractivity (Wildman–Crippen MR) is 57.9 cm³/mol. The van der Waals surface area contributed by atoms with Crippen LogP contribution in [-0.4, -0.2) is 22.2 Å². The van der Waals surface area contributed by atoms with Crippen molar-refractivity contribution in [2.24, 2.45) is 0 Å². The van der Waals surface area contributed by atoms with Crippen molar-refractivity contribution >= 4 is 22.7 Å². The second-order valence-corrected chi connectivity index (χ2v) is 3.39. The van der Waals surface area contributed by atoms with Gasteiger partial charge in [0.05, 0.1) is 11.1 Å². The minimum absolute atomic E-state index is 0. The number of rotatable bonds is 2. The minimum Gasteiger partial charge on any atom is -0.478 e. The average Bonchev–Trinajstić information content (AvgIpc) is 2.27. The van der Waals surface area contributed by atoms with Crippen LogP contribution in [-0.2, 0) is 26.2 Å². The van der Waals surface area contributed by atoms with Crippen molar-refractivity contribution in [1.29, 1.82) is 0 Å². The van der Waals surface area contributed by atoms with Crippen molar-refractivity contribution in [1.82, 2.24) is 0 Å². The van der Waals surface area contributed by atoms with E-state index in [-0.39, 0.29) is 37.3 Å². The smallest absolute Gasteiger partial charge is 0.335 e. The first kappa shape index (κ1) is 13.6. The molecule has 2 aromatic carbocycles. The Balaban J connectivity index is 0.00000144. The zero-order chi connectivity index (χ0) is 11.7. The van der Waals surface area contributed by atoms with Crippen LogP contribution in [0.3, 0.4) is 0 Å². The van der Waals surface area contributed by atoms with Crippen molar-refractivity contribution in [2.45, 2.75) is 0 Å². The van der Waals surface area contributed by atoms with E-state index in [0.717, 1.165) is 0 Å². The maximum atomic E-state index is 10.7. The van der Waals surface area contributed by atoms with E-state index in [1.807, 2.05) is 0 Å². The Kier molecular flexibility index (Phi) is 4.18. The summed E-state index contributed by atoms with van der Waals surface area (Å²) in [6.45, 7) is 0. The molecule has 0 spiro atoms. The van der Waals surface area contributed by atoms with Gasteiger partial charge >= 0.3 is 11.9 Å². The van der Waals surface area contributed by atoms with Gasteiger partial charge in [-0.3, -0.25) is 0 Å². The second kappa shape index (κ2) is 5.24. The van der Waals surface area contributed by atoms with Gasteiger partial charge in [0, 0.05) is 26.2 Å². The van der Waals surface area contributed by atoms with Crippen molar-refractivity contribution in [3.63, 3.8) is 0 Å². The first-order valence-corrected chi connectivity index (χ1v) is 4.58. The third kappa shape index (κ3) is 2.80. The molecule has 84 valence electrons. The summed E-state index contributed by atoms with van der Waals surface area (Å²) >= 11 is 0. The molecular formula is C12H8O4Zr. The quantitative estimate of drug-likeness (QED) is 0.892. The number of hydrogen-bond donors (Lipinski definition) is 2. The first-order valence-electron chi connectivity index (χ1n) is 4.58. The molecule has 2 N–H and O–H groups in total. The zero-order valence-corrected chi connectivity index (χ0v) is 11.1. The Labute approximate surface area is 116 Å². The topological polar surface area (TPSA) is 74.6 Å². The van der Waals surface area contributed by atoms with Crippen LogP contribution in [0, 0.1) is 0 Å². The molecule has 0 aliphatic heterocycles. The molecule has 0 aliphatic rings. The molecular weight excluding hydrogens is 299 g/mol. The zero-order valence-electron chi connectivity index (χ0n) is 8.68. The fourth-order valence-electron chi connectivity index (χ4n) is 1.51. The number of carboxylic acid groups (broad SMARTS) is 2. The van der Waals surface area contributed by atoms with E-state index in [4.69, 9.17) is 10.2 Å². The van der Waals surface area contributed by atoms with Crippen LogP contribution in [0.5, 0.6) is 0 Å². The van der Waals surface area contributed by atoms with Gasteiger partial charge in [-0.2, -0.15) is 0 Å². The van der Waals surface area contributed by atoms with Gasteiger partial charge in [0.25, 0.3) is 0 Å². The van der Waals surface area contributed by atoms with E-state index in [1.165, 1.54) is 24.3 Å². The van der Waals surface area contributed by atoms with Crippen molar-refractivity contribution < 1.29 is 46.0 Å². The molecule has 5 heteroatoms. The van der Waals surface area contributed by atoms with Gasteiger partial charge in [0.15, 0.2) is 0 Å². The largest absolute Gasteiger partial charge is 0.478 e. The van der Waals surface area contributed by atoms with Crippen LogP contribution in [0.1, 0.15) is 20.7 Å². The Morgan fingerprint density at radius 2 is 1.12 bits per heavy atom. The molecule has 0 saturated heterocycles. The van der Waals surface area contributed by atoms with Crippen molar-refractivity contribution in [3.8, 4) is 0 Å². The SMILES string of the molecule is O=C(O)c1ccc2cc(C(=O)O)ccc2c1.[Zr]. The third-order valence-corrected chi connectivity index (χ3v) is 2.33. The second-order valence-electron chi connectivity index (χ2n) is 3.39. The summed E-state index contributed by atoms with van der Waals surface area (Å²) in [5.41, 5.74) is 0.381. The van der Waals surface area contributed by atoms with Crippen LogP contribution in [0.15, 0.2) is 36.4 Å². The van der Waals surface area contributed by atoms with Crippen molar-refractivity contribution in [2.75, 3.05) is 0 Å². The first-order chi connectivity index (χ1) is 7.58. The maximum Gasteiger partial charge on any atom is 0.335 e. The van der Waals surface area contributed by atoms with Crippen LogP contribution in [0.4, 0.5) is 0 Å². The molecule has 0 unspecified atom stereocenters. The number of hydrogen-bond acceptors (Lipinski definition) is 2. The summed E-state index contributed by atoms with van der Waals surface area (Å²) in [6, 6.07) is 9.15. The molecule has 0 heterocycles. The van der Waals surface area contributed by atoms with E-state index >= 15 is 0 Å². The van der Waals surface area contributed by atoms with Crippen molar-refractivity contribution in [3.05, 3.63) is 47.5 Å². The summed E-state index contributed by atoms with van der Waals surface area (Å²) in [5, 5.41) is 19.0. The van der Waals surface area contributed by atoms with Gasteiger partial charge in [0.1, 0.15) is 0 Å². The Bertz CT molecular complexity index is 539. The molecule has 2 rings (SSSR count). The number of aromatic carboxylic acids is 2. The minimum atomic E-state index is -0.996. The van der Waals surface area contributed by atoms with Gasteiger partial charge < -0.3 is 10.2 Å². The predicted octanol–water partition coefficient (Wildman–Crippen LogP) is 2.23. The van der Waals surface area contributed by atoms with E-state index in [9.17, 15) is 9.59 Å².